The van der Waals surface area contributed by atoms with Gasteiger partial charge in [0.2, 0.25) is 0 Å². The molecule has 1 N–H and O–H groups in total. The Morgan fingerprint density at radius 2 is 1.67 bits per heavy atom. The molecular weight excluding hydrogens is 299 g/mol. The second kappa shape index (κ2) is 4.89. The van der Waals surface area contributed by atoms with E-state index in [2.05, 4.69) is 4.98 Å². The van der Waals surface area contributed by atoms with Crippen LogP contribution < -0.4 is 5.32 Å². The Kier molecular flexibility index (Phi) is 4.07. The van der Waals surface area contributed by atoms with Crippen molar-refractivity contribution in [2.24, 2.45) is 0 Å². The summed E-state index contributed by atoms with van der Waals surface area (Å²) in [7, 11) is 0. The molecule has 1 heterocycles. The fourth-order valence-corrected chi connectivity index (χ4v) is 1.37. The summed E-state index contributed by atoms with van der Waals surface area (Å²) in [5.41, 5.74) is -4.20. The van der Waals surface area contributed by atoms with Gasteiger partial charge < -0.3 is 5.32 Å². The number of nitrogens with one attached hydrogen (secondary N) is 1. The number of amides is 1. The Balaban J connectivity index is 2.95. The quantitative estimate of drug-likeness (QED) is 0.670. The summed E-state index contributed by atoms with van der Waals surface area (Å²) >= 11 is 10.9. The van der Waals surface area contributed by atoms with Crippen molar-refractivity contribution in [3.8, 4) is 0 Å². The Bertz CT molecular complexity index is 456. The summed E-state index contributed by atoms with van der Waals surface area (Å²) in [4.78, 5) is 14.7. The Hall–Kier alpha value is -1.08. The molecule has 0 bridgehead atoms. The van der Waals surface area contributed by atoms with Crippen LogP contribution in [0.4, 0.5) is 23.2 Å². The van der Waals surface area contributed by atoms with E-state index in [-0.39, 0.29) is 22.9 Å². The van der Waals surface area contributed by atoms with Gasteiger partial charge in [-0.3, -0.25) is 4.79 Å². The van der Waals surface area contributed by atoms with Crippen LogP contribution in [-0.2, 0) is 4.79 Å². The van der Waals surface area contributed by atoms with Crippen LogP contribution in [0.3, 0.4) is 0 Å². The molecule has 1 aromatic rings. The lowest BCUT2D eigenvalue weighted by Gasteiger charge is -2.22. The van der Waals surface area contributed by atoms with Crippen LogP contribution in [0.1, 0.15) is 6.92 Å². The molecule has 1 unspecified atom stereocenters. The van der Waals surface area contributed by atoms with Gasteiger partial charge in [0.05, 0.1) is 0 Å². The maximum atomic E-state index is 13.3. The molecular formula is C9H6Cl2F4N2O. The van der Waals surface area contributed by atoms with Crippen molar-refractivity contribution >= 4 is 34.8 Å². The lowest BCUT2D eigenvalue weighted by Crippen LogP contribution is -2.48. The molecule has 1 atom stereocenters. The molecule has 1 rings (SSSR count). The highest BCUT2D eigenvalue weighted by atomic mass is 35.5. The molecule has 0 aromatic carbocycles. The second-order valence-electron chi connectivity index (χ2n) is 3.46. The molecule has 3 nitrogen and oxygen atoms in total. The lowest BCUT2D eigenvalue weighted by molar-refractivity contribution is -0.218. The Labute approximate surface area is 109 Å². The number of hydrogen-bond acceptors (Lipinski definition) is 2. The molecule has 0 radical (unpaired) electrons. The van der Waals surface area contributed by atoms with Gasteiger partial charge >= 0.3 is 6.18 Å². The minimum Gasteiger partial charge on any atom is -0.323 e. The van der Waals surface area contributed by atoms with Crippen molar-refractivity contribution in [2.75, 3.05) is 5.32 Å². The van der Waals surface area contributed by atoms with E-state index in [1.54, 1.807) is 5.32 Å². The first kappa shape index (κ1) is 15.0. The number of alkyl halides is 4. The molecule has 0 fully saturated rings. The lowest BCUT2D eigenvalue weighted by atomic mass is 10.1. The van der Waals surface area contributed by atoms with E-state index in [4.69, 9.17) is 23.2 Å². The van der Waals surface area contributed by atoms with E-state index >= 15 is 0 Å². The number of pyridine rings is 1. The number of rotatable bonds is 2. The van der Waals surface area contributed by atoms with Gasteiger partial charge in [0.15, 0.2) is 0 Å². The van der Waals surface area contributed by atoms with E-state index < -0.39 is 17.8 Å². The number of anilines is 1. The van der Waals surface area contributed by atoms with E-state index in [0.29, 0.717) is 0 Å². The molecule has 0 aliphatic rings. The van der Waals surface area contributed by atoms with Gasteiger partial charge in [0.25, 0.3) is 11.6 Å². The number of nitrogens with zero attached hydrogens (tertiary/aromatic N) is 1. The zero-order valence-corrected chi connectivity index (χ0v) is 10.3. The standard InChI is InChI=1S/C9H6Cl2F4N2O/c1-8(12,9(13,14)15)7(18)16-4-2-5(10)17-6(11)3-4/h2-3H,1H3,(H,16,17,18). The van der Waals surface area contributed by atoms with Crippen molar-refractivity contribution in [1.82, 2.24) is 4.98 Å². The second-order valence-corrected chi connectivity index (χ2v) is 4.23. The molecule has 1 amide bonds. The molecule has 0 saturated heterocycles. The van der Waals surface area contributed by atoms with Gasteiger partial charge in [0, 0.05) is 5.69 Å². The highest BCUT2D eigenvalue weighted by Gasteiger charge is 2.58. The summed E-state index contributed by atoms with van der Waals surface area (Å²) in [6.45, 7) is 0.118. The fourth-order valence-electron chi connectivity index (χ4n) is 0.914. The largest absolute Gasteiger partial charge is 0.431 e. The first-order chi connectivity index (χ1) is 8.04. The summed E-state index contributed by atoms with van der Waals surface area (Å²) in [5, 5.41) is 1.43. The van der Waals surface area contributed by atoms with Gasteiger partial charge in [-0.2, -0.15) is 13.2 Å². The van der Waals surface area contributed by atoms with Crippen molar-refractivity contribution < 1.29 is 22.4 Å². The van der Waals surface area contributed by atoms with Crippen LogP contribution in [0.25, 0.3) is 0 Å². The van der Waals surface area contributed by atoms with Crippen LogP contribution in [0.15, 0.2) is 12.1 Å². The minimum absolute atomic E-state index is 0.118. The highest BCUT2D eigenvalue weighted by Crippen LogP contribution is 2.34. The van der Waals surface area contributed by atoms with E-state index in [1.165, 1.54) is 0 Å². The molecule has 0 aliphatic heterocycles. The highest BCUT2D eigenvalue weighted by molar-refractivity contribution is 6.33. The van der Waals surface area contributed by atoms with Crippen molar-refractivity contribution in [1.29, 1.82) is 0 Å². The number of hydrogen-bond donors (Lipinski definition) is 1. The molecule has 18 heavy (non-hydrogen) atoms. The maximum Gasteiger partial charge on any atom is 0.431 e. The topological polar surface area (TPSA) is 42.0 Å². The Morgan fingerprint density at radius 3 is 2.06 bits per heavy atom. The van der Waals surface area contributed by atoms with Crippen LogP contribution in [0, 0.1) is 0 Å². The zero-order chi connectivity index (χ0) is 14.1. The van der Waals surface area contributed by atoms with Crippen LogP contribution in [-0.4, -0.2) is 22.7 Å². The van der Waals surface area contributed by atoms with E-state index in [9.17, 15) is 22.4 Å². The van der Waals surface area contributed by atoms with E-state index in [1.807, 2.05) is 0 Å². The molecule has 0 spiro atoms. The molecule has 1 aromatic heterocycles. The van der Waals surface area contributed by atoms with Gasteiger partial charge in [-0.15, -0.1) is 0 Å². The van der Waals surface area contributed by atoms with Gasteiger partial charge in [-0.05, 0) is 19.1 Å². The zero-order valence-electron chi connectivity index (χ0n) is 8.78. The number of aromatic nitrogens is 1. The first-order valence-electron chi connectivity index (χ1n) is 4.44. The molecule has 0 aliphatic carbocycles. The third-order valence-electron chi connectivity index (χ3n) is 1.98. The first-order valence-corrected chi connectivity index (χ1v) is 5.20. The summed E-state index contributed by atoms with van der Waals surface area (Å²) in [5.74, 6) is -1.87. The van der Waals surface area contributed by atoms with E-state index in [0.717, 1.165) is 12.1 Å². The number of carbonyl (C=O) groups excluding carboxylic acids is 1. The molecule has 100 valence electrons. The molecule has 0 saturated carbocycles. The monoisotopic (exact) mass is 304 g/mol. The Morgan fingerprint density at radius 1 is 1.22 bits per heavy atom. The van der Waals surface area contributed by atoms with Crippen molar-refractivity contribution in [3.63, 3.8) is 0 Å². The SMILES string of the molecule is CC(F)(C(=O)Nc1cc(Cl)nc(Cl)c1)C(F)(F)F. The predicted molar refractivity (Wildman–Crippen MR) is 58.5 cm³/mol. The summed E-state index contributed by atoms with van der Waals surface area (Å²) in [6.07, 6.45) is -5.32. The fraction of sp³-hybridized carbons (Fsp3) is 0.333. The van der Waals surface area contributed by atoms with Crippen LogP contribution in [0.2, 0.25) is 10.3 Å². The minimum atomic E-state index is -5.32. The number of carbonyl (C=O) groups is 1. The van der Waals surface area contributed by atoms with Gasteiger partial charge in [-0.25, -0.2) is 9.37 Å². The normalized spacial score (nSPS) is 15.1. The molecule has 9 heteroatoms. The van der Waals surface area contributed by atoms with Crippen molar-refractivity contribution in [3.05, 3.63) is 22.4 Å². The maximum absolute atomic E-state index is 13.3. The number of halogens is 6. The average Bonchev–Trinajstić information content (AvgIpc) is 2.13. The summed E-state index contributed by atoms with van der Waals surface area (Å²) in [6, 6.07) is 2.08. The average molecular weight is 305 g/mol. The third kappa shape index (κ3) is 3.23. The predicted octanol–water partition coefficient (Wildman–Crippen LogP) is 3.62. The van der Waals surface area contributed by atoms with Gasteiger partial charge in [-0.1, -0.05) is 23.2 Å². The summed E-state index contributed by atoms with van der Waals surface area (Å²) < 4.78 is 50.0. The van der Waals surface area contributed by atoms with Crippen LogP contribution in [0.5, 0.6) is 0 Å². The smallest absolute Gasteiger partial charge is 0.323 e. The van der Waals surface area contributed by atoms with Gasteiger partial charge in [0.1, 0.15) is 10.3 Å². The van der Waals surface area contributed by atoms with Crippen molar-refractivity contribution in [2.45, 2.75) is 18.8 Å². The third-order valence-corrected chi connectivity index (χ3v) is 2.37. The van der Waals surface area contributed by atoms with Crippen LogP contribution >= 0.6 is 23.2 Å².